The highest BCUT2D eigenvalue weighted by Crippen LogP contribution is 2.18. The van der Waals surface area contributed by atoms with Gasteiger partial charge in [-0.1, -0.05) is 6.42 Å². The van der Waals surface area contributed by atoms with Crippen molar-refractivity contribution in [2.75, 3.05) is 5.73 Å². The minimum absolute atomic E-state index is 0.605. The van der Waals surface area contributed by atoms with E-state index in [2.05, 4.69) is 10.4 Å². The third kappa shape index (κ3) is 1.83. The number of nitrogen functional groups attached to an aromatic ring is 1. The lowest BCUT2D eigenvalue weighted by Crippen LogP contribution is -2.34. The fourth-order valence-electron chi connectivity index (χ4n) is 1.56. The molecule has 0 aliphatic heterocycles. The maximum absolute atomic E-state index is 5.57. The van der Waals surface area contributed by atoms with Crippen LogP contribution in [0, 0.1) is 0 Å². The number of nitrogens with two attached hydrogens (primary N) is 1. The van der Waals surface area contributed by atoms with Crippen molar-refractivity contribution in [3.63, 3.8) is 0 Å². The van der Waals surface area contributed by atoms with Gasteiger partial charge in [0, 0.05) is 25.7 Å². The Kier molecular flexibility index (Phi) is 2.22. The molecule has 1 aromatic rings. The fourth-order valence-corrected chi connectivity index (χ4v) is 1.56. The van der Waals surface area contributed by atoms with Crippen LogP contribution in [0.1, 0.15) is 25.0 Å². The summed E-state index contributed by atoms with van der Waals surface area (Å²) in [5.74, 6) is 0.605. The van der Waals surface area contributed by atoms with Crippen LogP contribution in [0.3, 0.4) is 0 Å². The second kappa shape index (κ2) is 3.38. The lowest BCUT2D eigenvalue weighted by atomic mass is 9.93. The van der Waals surface area contributed by atoms with Crippen molar-refractivity contribution in [2.24, 2.45) is 7.05 Å². The van der Waals surface area contributed by atoms with Gasteiger partial charge in [0.2, 0.25) is 0 Å². The molecular weight excluding hydrogens is 164 g/mol. The number of nitrogens with zero attached hydrogens (tertiary/aromatic N) is 2. The standard InChI is InChI=1S/C9H16N4/c1-13-8(5-9(10)12-13)6-11-7-3-2-4-7/h5,7,11H,2-4,6H2,1H3,(H2,10,12). The summed E-state index contributed by atoms with van der Waals surface area (Å²) in [7, 11) is 1.92. The molecule has 1 saturated carbocycles. The zero-order valence-electron chi connectivity index (χ0n) is 7.95. The van der Waals surface area contributed by atoms with Crippen LogP contribution in [0.4, 0.5) is 5.82 Å². The Balaban J connectivity index is 1.89. The monoisotopic (exact) mass is 180 g/mol. The van der Waals surface area contributed by atoms with Gasteiger partial charge in [0.25, 0.3) is 0 Å². The van der Waals surface area contributed by atoms with Crippen molar-refractivity contribution < 1.29 is 0 Å². The van der Waals surface area contributed by atoms with E-state index in [0.717, 1.165) is 18.3 Å². The summed E-state index contributed by atoms with van der Waals surface area (Å²) >= 11 is 0. The van der Waals surface area contributed by atoms with E-state index in [1.807, 2.05) is 17.8 Å². The number of nitrogens with one attached hydrogen (secondary N) is 1. The molecule has 1 fully saturated rings. The van der Waals surface area contributed by atoms with Gasteiger partial charge in [0.15, 0.2) is 0 Å². The number of rotatable bonds is 3. The molecule has 0 radical (unpaired) electrons. The molecule has 0 amide bonds. The van der Waals surface area contributed by atoms with Crippen LogP contribution in [-0.2, 0) is 13.6 Å². The summed E-state index contributed by atoms with van der Waals surface area (Å²) in [6.45, 7) is 0.880. The van der Waals surface area contributed by atoms with Crippen LogP contribution in [-0.4, -0.2) is 15.8 Å². The van der Waals surface area contributed by atoms with E-state index in [1.165, 1.54) is 19.3 Å². The quantitative estimate of drug-likeness (QED) is 0.718. The minimum Gasteiger partial charge on any atom is -0.382 e. The van der Waals surface area contributed by atoms with Crippen LogP contribution < -0.4 is 11.1 Å². The smallest absolute Gasteiger partial charge is 0.145 e. The summed E-state index contributed by atoms with van der Waals surface area (Å²) in [6.07, 6.45) is 3.99. The van der Waals surface area contributed by atoms with Crippen LogP contribution in [0.2, 0.25) is 0 Å². The second-order valence-electron chi connectivity index (χ2n) is 3.69. The van der Waals surface area contributed by atoms with Gasteiger partial charge in [0.05, 0.1) is 5.69 Å². The normalized spacial score (nSPS) is 17.3. The minimum atomic E-state index is 0.605. The SMILES string of the molecule is Cn1nc(N)cc1CNC1CCC1. The van der Waals surface area contributed by atoms with E-state index in [9.17, 15) is 0 Å². The van der Waals surface area contributed by atoms with Crippen molar-refractivity contribution in [3.8, 4) is 0 Å². The molecular formula is C9H16N4. The molecule has 1 aromatic heterocycles. The van der Waals surface area contributed by atoms with Gasteiger partial charge >= 0.3 is 0 Å². The van der Waals surface area contributed by atoms with Crippen molar-refractivity contribution in [2.45, 2.75) is 31.8 Å². The largest absolute Gasteiger partial charge is 0.382 e. The van der Waals surface area contributed by atoms with Crippen molar-refractivity contribution in [3.05, 3.63) is 11.8 Å². The molecule has 13 heavy (non-hydrogen) atoms. The number of hydrogen-bond donors (Lipinski definition) is 2. The Morgan fingerprint density at radius 2 is 2.46 bits per heavy atom. The molecule has 2 rings (SSSR count). The molecule has 1 aliphatic carbocycles. The summed E-state index contributed by atoms with van der Waals surface area (Å²) in [6, 6.07) is 2.64. The van der Waals surface area contributed by atoms with Crippen LogP contribution >= 0.6 is 0 Å². The van der Waals surface area contributed by atoms with Gasteiger partial charge in [-0.05, 0) is 12.8 Å². The molecule has 3 N–H and O–H groups in total. The first kappa shape index (κ1) is 8.56. The highest BCUT2D eigenvalue weighted by molar-refractivity contribution is 5.29. The van der Waals surface area contributed by atoms with E-state index < -0.39 is 0 Å². The van der Waals surface area contributed by atoms with Gasteiger partial charge in [-0.25, -0.2) is 0 Å². The van der Waals surface area contributed by atoms with E-state index in [4.69, 9.17) is 5.73 Å². The van der Waals surface area contributed by atoms with Gasteiger partial charge in [0.1, 0.15) is 5.82 Å². The summed E-state index contributed by atoms with van der Waals surface area (Å²) in [5.41, 5.74) is 6.73. The summed E-state index contributed by atoms with van der Waals surface area (Å²) in [4.78, 5) is 0. The number of hydrogen-bond acceptors (Lipinski definition) is 3. The Hall–Kier alpha value is -1.03. The predicted molar refractivity (Wildman–Crippen MR) is 52.1 cm³/mol. The van der Waals surface area contributed by atoms with Crippen LogP contribution in [0.5, 0.6) is 0 Å². The van der Waals surface area contributed by atoms with E-state index >= 15 is 0 Å². The Bertz CT molecular complexity index is 288. The van der Waals surface area contributed by atoms with Crippen molar-refractivity contribution in [1.29, 1.82) is 0 Å². The topological polar surface area (TPSA) is 55.9 Å². The number of anilines is 1. The van der Waals surface area contributed by atoms with E-state index in [1.54, 1.807) is 0 Å². The average Bonchev–Trinajstić information content (AvgIpc) is 2.27. The molecule has 0 bridgehead atoms. The van der Waals surface area contributed by atoms with E-state index in [0.29, 0.717) is 5.82 Å². The molecule has 1 aliphatic rings. The first-order chi connectivity index (χ1) is 6.25. The zero-order chi connectivity index (χ0) is 9.26. The Labute approximate surface area is 78.1 Å². The number of aryl methyl sites for hydroxylation is 1. The van der Waals surface area contributed by atoms with Crippen LogP contribution in [0.25, 0.3) is 0 Å². The van der Waals surface area contributed by atoms with Crippen molar-refractivity contribution >= 4 is 5.82 Å². The van der Waals surface area contributed by atoms with Gasteiger partial charge in [-0.3, -0.25) is 4.68 Å². The number of aromatic nitrogens is 2. The molecule has 4 heteroatoms. The molecule has 72 valence electrons. The second-order valence-corrected chi connectivity index (χ2v) is 3.69. The maximum atomic E-state index is 5.57. The molecule has 4 nitrogen and oxygen atoms in total. The first-order valence-corrected chi connectivity index (χ1v) is 4.77. The third-order valence-corrected chi connectivity index (χ3v) is 2.67. The fraction of sp³-hybridized carbons (Fsp3) is 0.667. The van der Waals surface area contributed by atoms with Crippen LogP contribution in [0.15, 0.2) is 6.07 Å². The third-order valence-electron chi connectivity index (χ3n) is 2.67. The highest BCUT2D eigenvalue weighted by atomic mass is 15.3. The lowest BCUT2D eigenvalue weighted by Gasteiger charge is -2.26. The Morgan fingerprint density at radius 3 is 2.92 bits per heavy atom. The maximum Gasteiger partial charge on any atom is 0.145 e. The molecule has 1 heterocycles. The lowest BCUT2D eigenvalue weighted by molar-refractivity contribution is 0.335. The highest BCUT2D eigenvalue weighted by Gasteiger charge is 2.16. The predicted octanol–water partition coefficient (Wildman–Crippen LogP) is 0.644. The summed E-state index contributed by atoms with van der Waals surface area (Å²) in [5, 5.41) is 7.56. The molecule has 0 atom stereocenters. The van der Waals surface area contributed by atoms with Gasteiger partial charge in [-0.2, -0.15) is 5.10 Å². The summed E-state index contributed by atoms with van der Waals surface area (Å²) < 4.78 is 1.83. The molecule has 0 spiro atoms. The van der Waals surface area contributed by atoms with Crippen molar-refractivity contribution in [1.82, 2.24) is 15.1 Å². The van der Waals surface area contributed by atoms with E-state index in [-0.39, 0.29) is 0 Å². The molecule has 0 aromatic carbocycles. The van der Waals surface area contributed by atoms with Gasteiger partial charge in [-0.15, -0.1) is 0 Å². The molecule has 0 unspecified atom stereocenters. The first-order valence-electron chi connectivity index (χ1n) is 4.77. The zero-order valence-corrected chi connectivity index (χ0v) is 7.95. The Morgan fingerprint density at radius 1 is 1.69 bits per heavy atom. The average molecular weight is 180 g/mol. The van der Waals surface area contributed by atoms with Gasteiger partial charge < -0.3 is 11.1 Å². The molecule has 0 saturated heterocycles.